The predicted molar refractivity (Wildman–Crippen MR) is 61.7 cm³/mol. The first kappa shape index (κ1) is 13.0. The predicted octanol–water partition coefficient (Wildman–Crippen LogP) is 1.76. The van der Waals surface area contributed by atoms with Crippen molar-refractivity contribution in [2.45, 2.75) is 26.5 Å². The highest BCUT2D eigenvalue weighted by Gasteiger charge is 2.20. The summed E-state index contributed by atoms with van der Waals surface area (Å²) in [6, 6.07) is 4.82. The van der Waals surface area contributed by atoms with Crippen LogP contribution in [0.25, 0.3) is 0 Å². The van der Waals surface area contributed by atoms with Crippen molar-refractivity contribution in [3.8, 4) is 5.75 Å². The minimum Gasteiger partial charge on any atom is -0.463 e. The van der Waals surface area contributed by atoms with Gasteiger partial charge in [-0.05, 0) is 13.0 Å². The zero-order valence-corrected chi connectivity index (χ0v) is 9.67. The van der Waals surface area contributed by atoms with Gasteiger partial charge in [-0.3, -0.25) is 14.9 Å². The second-order valence-corrected chi connectivity index (χ2v) is 3.48. The molecule has 1 unspecified atom stereocenters. The fourth-order valence-corrected chi connectivity index (χ4v) is 1.43. The largest absolute Gasteiger partial charge is 0.463 e. The number of carbonyl (C=O) groups is 1. The minimum atomic E-state index is -0.562. The molecule has 0 radical (unpaired) electrons. The molecule has 0 aliphatic heterocycles. The number of benzene rings is 1. The van der Waals surface area contributed by atoms with Crippen molar-refractivity contribution in [3.63, 3.8) is 0 Å². The number of nitro benzene ring substituents is 1. The van der Waals surface area contributed by atoms with Crippen molar-refractivity contribution in [2.24, 2.45) is 0 Å². The summed E-state index contributed by atoms with van der Waals surface area (Å²) < 4.78 is 5.39. The van der Waals surface area contributed by atoms with E-state index in [0.717, 1.165) is 0 Å². The van der Waals surface area contributed by atoms with E-state index >= 15 is 0 Å². The highest BCUT2D eigenvalue weighted by Crippen LogP contribution is 2.30. The zero-order chi connectivity index (χ0) is 12.8. The molecule has 0 bridgehead atoms. The number of para-hydroxylation sites is 1. The summed E-state index contributed by atoms with van der Waals surface area (Å²) in [4.78, 5) is 20.7. The molecule has 17 heavy (non-hydrogen) atoms. The van der Waals surface area contributed by atoms with E-state index in [0.29, 0.717) is 18.4 Å². The van der Waals surface area contributed by atoms with Gasteiger partial charge in [0.15, 0.2) is 12.0 Å². The fourth-order valence-electron chi connectivity index (χ4n) is 1.43. The van der Waals surface area contributed by atoms with Gasteiger partial charge in [0.25, 0.3) is 0 Å². The van der Waals surface area contributed by atoms with Crippen LogP contribution >= 0.6 is 0 Å². The first-order chi connectivity index (χ1) is 8.10. The molecule has 1 atom stereocenters. The van der Waals surface area contributed by atoms with Crippen LogP contribution in [0.4, 0.5) is 5.69 Å². The molecule has 1 N–H and O–H groups in total. The van der Waals surface area contributed by atoms with Crippen molar-refractivity contribution < 1.29 is 14.5 Å². The first-order valence-corrected chi connectivity index (χ1v) is 5.20. The molecule has 6 nitrogen and oxygen atoms in total. The van der Waals surface area contributed by atoms with Crippen molar-refractivity contribution in [3.05, 3.63) is 33.9 Å². The van der Waals surface area contributed by atoms with Crippen LogP contribution in [0.3, 0.4) is 0 Å². The Hall–Kier alpha value is -2.11. The van der Waals surface area contributed by atoms with E-state index in [4.69, 9.17) is 4.74 Å². The van der Waals surface area contributed by atoms with Gasteiger partial charge in [0.05, 0.1) is 4.92 Å². The Morgan fingerprint density at radius 1 is 1.59 bits per heavy atom. The lowest BCUT2D eigenvalue weighted by molar-refractivity contribution is -0.386. The van der Waals surface area contributed by atoms with Crippen LogP contribution in [0, 0.1) is 17.0 Å². The molecular weight excluding hydrogens is 224 g/mol. The Kier molecular flexibility index (Phi) is 4.45. The molecule has 0 fully saturated rings. The molecule has 6 heteroatoms. The number of amides is 1. The quantitative estimate of drug-likeness (QED) is 0.354. The molecule has 0 aromatic heterocycles. The number of nitro groups is 1. The van der Waals surface area contributed by atoms with E-state index < -0.39 is 11.2 Å². The van der Waals surface area contributed by atoms with Crippen molar-refractivity contribution in [2.75, 3.05) is 0 Å². The standard InChI is InChI=1S/C11H14N2O4/c1-3-10(12-7-14)17-9-6-4-5-8(2)11(9)13(15)16/h4-7,10H,3H2,1-2H3,(H,12,14). The van der Waals surface area contributed by atoms with E-state index in [2.05, 4.69) is 5.32 Å². The first-order valence-electron chi connectivity index (χ1n) is 5.20. The Labute approximate surface area is 98.7 Å². The molecule has 0 aliphatic rings. The molecule has 1 aromatic carbocycles. The number of hydrogen-bond acceptors (Lipinski definition) is 4. The third kappa shape index (κ3) is 3.17. The summed E-state index contributed by atoms with van der Waals surface area (Å²) in [5.74, 6) is 0.163. The number of nitrogens with one attached hydrogen (secondary N) is 1. The molecule has 0 heterocycles. The molecule has 0 saturated heterocycles. The summed E-state index contributed by atoms with van der Waals surface area (Å²) in [6.45, 7) is 3.45. The molecule has 92 valence electrons. The maximum absolute atomic E-state index is 10.9. The van der Waals surface area contributed by atoms with Crippen molar-refractivity contribution >= 4 is 12.1 Å². The minimum absolute atomic E-state index is 0.0707. The van der Waals surface area contributed by atoms with E-state index in [1.54, 1.807) is 19.1 Å². The molecule has 1 amide bonds. The summed E-state index contributed by atoms with van der Waals surface area (Å²) in [5, 5.41) is 13.3. The third-order valence-electron chi connectivity index (χ3n) is 2.28. The van der Waals surface area contributed by atoms with Crippen LogP contribution in [0.15, 0.2) is 18.2 Å². The van der Waals surface area contributed by atoms with Gasteiger partial charge in [0.2, 0.25) is 6.41 Å². The highest BCUT2D eigenvalue weighted by atomic mass is 16.6. The van der Waals surface area contributed by atoms with Gasteiger partial charge in [-0.2, -0.15) is 0 Å². The summed E-state index contributed by atoms with van der Waals surface area (Å²) in [7, 11) is 0. The summed E-state index contributed by atoms with van der Waals surface area (Å²) >= 11 is 0. The Morgan fingerprint density at radius 3 is 2.82 bits per heavy atom. The van der Waals surface area contributed by atoms with Gasteiger partial charge >= 0.3 is 5.69 Å². The van der Waals surface area contributed by atoms with Gasteiger partial charge in [-0.25, -0.2) is 0 Å². The van der Waals surface area contributed by atoms with Crippen LogP contribution in [0.2, 0.25) is 0 Å². The number of ether oxygens (including phenoxy) is 1. The number of carbonyl (C=O) groups excluding carboxylic acids is 1. The lowest BCUT2D eigenvalue weighted by Crippen LogP contribution is -2.32. The number of rotatable bonds is 6. The number of hydrogen-bond donors (Lipinski definition) is 1. The van der Waals surface area contributed by atoms with E-state index in [1.807, 2.05) is 6.92 Å². The van der Waals surface area contributed by atoms with Crippen LogP contribution in [0.1, 0.15) is 18.9 Å². The zero-order valence-electron chi connectivity index (χ0n) is 9.67. The Bertz CT molecular complexity index is 420. The monoisotopic (exact) mass is 238 g/mol. The van der Waals surface area contributed by atoms with Gasteiger partial charge < -0.3 is 10.1 Å². The Balaban J connectivity index is 3.00. The SMILES string of the molecule is CCC(NC=O)Oc1cccc(C)c1[N+](=O)[O-]. The maximum atomic E-state index is 10.9. The van der Waals surface area contributed by atoms with Gasteiger partial charge in [-0.1, -0.05) is 19.1 Å². The van der Waals surface area contributed by atoms with Crippen LogP contribution in [-0.2, 0) is 4.79 Å². The number of nitrogens with zero attached hydrogens (tertiary/aromatic N) is 1. The van der Waals surface area contributed by atoms with E-state index in [9.17, 15) is 14.9 Å². The second-order valence-electron chi connectivity index (χ2n) is 3.48. The van der Waals surface area contributed by atoms with Crippen LogP contribution in [0.5, 0.6) is 5.75 Å². The second kappa shape index (κ2) is 5.83. The lowest BCUT2D eigenvalue weighted by Gasteiger charge is -2.16. The van der Waals surface area contributed by atoms with Crippen LogP contribution < -0.4 is 10.1 Å². The fraction of sp³-hybridized carbons (Fsp3) is 0.364. The molecule has 1 aromatic rings. The van der Waals surface area contributed by atoms with Crippen LogP contribution in [-0.4, -0.2) is 17.6 Å². The summed E-state index contributed by atoms with van der Waals surface area (Å²) in [5.41, 5.74) is 0.451. The molecule has 0 aliphatic carbocycles. The Morgan fingerprint density at radius 2 is 2.29 bits per heavy atom. The van der Waals surface area contributed by atoms with Gasteiger partial charge in [0, 0.05) is 12.0 Å². The third-order valence-corrected chi connectivity index (χ3v) is 2.28. The lowest BCUT2D eigenvalue weighted by atomic mass is 10.2. The van der Waals surface area contributed by atoms with E-state index in [1.165, 1.54) is 6.07 Å². The molecule has 0 saturated carbocycles. The molecule has 1 rings (SSSR count). The summed E-state index contributed by atoms with van der Waals surface area (Å²) in [6.07, 6.45) is 0.465. The molecular formula is C11H14N2O4. The maximum Gasteiger partial charge on any atom is 0.313 e. The van der Waals surface area contributed by atoms with Crippen molar-refractivity contribution in [1.29, 1.82) is 0 Å². The molecule has 0 spiro atoms. The average Bonchev–Trinajstić information content (AvgIpc) is 2.28. The van der Waals surface area contributed by atoms with E-state index in [-0.39, 0.29) is 11.4 Å². The highest BCUT2D eigenvalue weighted by molar-refractivity contribution is 5.52. The van der Waals surface area contributed by atoms with Crippen molar-refractivity contribution in [1.82, 2.24) is 5.32 Å². The normalized spacial score (nSPS) is 11.6. The number of aryl methyl sites for hydroxylation is 1. The van der Waals surface area contributed by atoms with Gasteiger partial charge in [0.1, 0.15) is 0 Å². The average molecular weight is 238 g/mol. The van der Waals surface area contributed by atoms with Gasteiger partial charge in [-0.15, -0.1) is 0 Å². The topological polar surface area (TPSA) is 81.5 Å². The smallest absolute Gasteiger partial charge is 0.313 e.